The van der Waals surface area contributed by atoms with Gasteiger partial charge in [-0.2, -0.15) is 0 Å². The molecule has 0 spiro atoms. The van der Waals surface area contributed by atoms with Crippen LogP contribution in [-0.2, 0) is 4.79 Å². The molecule has 19 heavy (non-hydrogen) atoms. The first-order chi connectivity index (χ1) is 8.91. The van der Waals surface area contributed by atoms with Crippen molar-refractivity contribution in [1.82, 2.24) is 0 Å². The van der Waals surface area contributed by atoms with Gasteiger partial charge in [0.25, 0.3) is 5.69 Å². The Bertz CT molecular complexity index is 534. The van der Waals surface area contributed by atoms with Crippen molar-refractivity contribution in [3.05, 3.63) is 32.8 Å². The summed E-state index contributed by atoms with van der Waals surface area (Å²) in [6, 6.07) is 3.97. The quantitative estimate of drug-likeness (QED) is 0.681. The third-order valence-corrected chi connectivity index (χ3v) is 3.89. The Balaban J connectivity index is 2.47. The van der Waals surface area contributed by atoms with Crippen molar-refractivity contribution >= 4 is 33.3 Å². The third-order valence-electron chi connectivity index (χ3n) is 3.40. The summed E-state index contributed by atoms with van der Waals surface area (Å²) < 4.78 is 0.599. The lowest BCUT2D eigenvalue weighted by molar-refractivity contribution is -0.384. The number of aliphatic carboxylic acids is 1. The second kappa shape index (κ2) is 5.16. The summed E-state index contributed by atoms with van der Waals surface area (Å²) in [7, 11) is 0. The Kier molecular flexibility index (Phi) is 3.75. The van der Waals surface area contributed by atoms with Gasteiger partial charge < -0.3 is 10.0 Å². The van der Waals surface area contributed by atoms with Crippen LogP contribution in [0.3, 0.4) is 0 Å². The van der Waals surface area contributed by atoms with Crippen molar-refractivity contribution in [2.75, 3.05) is 11.4 Å². The average Bonchev–Trinajstić information content (AvgIpc) is 2.70. The topological polar surface area (TPSA) is 83.7 Å². The predicted octanol–water partition coefficient (Wildman–Crippen LogP) is 2.66. The van der Waals surface area contributed by atoms with Gasteiger partial charge in [-0.15, -0.1) is 0 Å². The molecule has 1 aliphatic rings. The summed E-state index contributed by atoms with van der Waals surface area (Å²) in [6.45, 7) is 2.37. The van der Waals surface area contributed by atoms with Gasteiger partial charge in [-0.25, -0.2) is 4.79 Å². The molecule has 0 amide bonds. The number of nitro benzene ring substituents is 1. The Hall–Kier alpha value is -1.63. The van der Waals surface area contributed by atoms with Crippen molar-refractivity contribution in [3.8, 4) is 0 Å². The number of anilines is 1. The average molecular weight is 329 g/mol. The van der Waals surface area contributed by atoms with E-state index in [4.69, 9.17) is 0 Å². The number of nitrogens with zero attached hydrogens (tertiary/aromatic N) is 2. The first-order valence-electron chi connectivity index (χ1n) is 5.85. The van der Waals surface area contributed by atoms with Crippen LogP contribution in [0.25, 0.3) is 0 Å². The second-order valence-electron chi connectivity index (χ2n) is 4.63. The number of carboxylic acids is 1. The van der Waals surface area contributed by atoms with Crippen molar-refractivity contribution < 1.29 is 14.8 Å². The van der Waals surface area contributed by atoms with Crippen LogP contribution in [0.1, 0.15) is 13.3 Å². The molecule has 0 saturated carbocycles. The van der Waals surface area contributed by atoms with E-state index in [0.717, 1.165) is 0 Å². The van der Waals surface area contributed by atoms with Gasteiger partial charge in [-0.1, -0.05) is 22.9 Å². The molecule has 1 aromatic rings. The summed E-state index contributed by atoms with van der Waals surface area (Å²) in [5.41, 5.74) is 0.291. The Morgan fingerprint density at radius 3 is 2.84 bits per heavy atom. The van der Waals surface area contributed by atoms with Crippen LogP contribution in [-0.4, -0.2) is 28.6 Å². The number of nitro groups is 1. The van der Waals surface area contributed by atoms with Crippen LogP contribution in [0, 0.1) is 16.0 Å². The third kappa shape index (κ3) is 2.56. The highest BCUT2D eigenvalue weighted by atomic mass is 79.9. The smallest absolute Gasteiger partial charge is 0.326 e. The molecule has 2 atom stereocenters. The van der Waals surface area contributed by atoms with Crippen LogP contribution in [0.5, 0.6) is 0 Å². The highest BCUT2D eigenvalue weighted by Crippen LogP contribution is 2.37. The van der Waals surface area contributed by atoms with Gasteiger partial charge in [0.05, 0.1) is 4.92 Å². The van der Waals surface area contributed by atoms with Crippen molar-refractivity contribution in [2.45, 2.75) is 19.4 Å². The van der Waals surface area contributed by atoms with Gasteiger partial charge in [0, 0.05) is 17.1 Å². The lowest BCUT2D eigenvalue weighted by atomic mass is 10.0. The first-order valence-corrected chi connectivity index (χ1v) is 6.64. The van der Waals surface area contributed by atoms with Crippen LogP contribution in [0.2, 0.25) is 0 Å². The Morgan fingerprint density at radius 2 is 2.26 bits per heavy atom. The van der Waals surface area contributed by atoms with Gasteiger partial charge in [-0.3, -0.25) is 10.1 Å². The molecule has 2 rings (SSSR count). The normalized spacial score (nSPS) is 22.5. The van der Waals surface area contributed by atoms with Crippen molar-refractivity contribution in [3.63, 3.8) is 0 Å². The maximum Gasteiger partial charge on any atom is 0.326 e. The van der Waals surface area contributed by atoms with Gasteiger partial charge >= 0.3 is 5.97 Å². The molecular formula is C12H13BrN2O4. The zero-order valence-electron chi connectivity index (χ0n) is 10.2. The number of carbonyl (C=O) groups is 1. The molecule has 1 aromatic carbocycles. The SMILES string of the molecule is CC1CCN(c2ccc(Br)cc2[N+](=O)[O-])C1C(=O)O. The summed E-state index contributed by atoms with van der Waals surface area (Å²) in [5, 5.41) is 20.4. The molecule has 102 valence electrons. The van der Waals surface area contributed by atoms with E-state index in [1.165, 1.54) is 6.07 Å². The molecule has 1 heterocycles. The van der Waals surface area contributed by atoms with Gasteiger partial charge in [-0.05, 0) is 24.5 Å². The largest absolute Gasteiger partial charge is 0.480 e. The van der Waals surface area contributed by atoms with Gasteiger partial charge in [0.1, 0.15) is 11.7 Å². The van der Waals surface area contributed by atoms with Crippen LogP contribution >= 0.6 is 15.9 Å². The predicted molar refractivity (Wildman–Crippen MR) is 73.3 cm³/mol. The highest BCUT2D eigenvalue weighted by molar-refractivity contribution is 9.10. The maximum absolute atomic E-state index is 11.3. The molecule has 0 aliphatic carbocycles. The fourth-order valence-corrected chi connectivity index (χ4v) is 2.83. The minimum absolute atomic E-state index is 0.0271. The van der Waals surface area contributed by atoms with Crippen molar-refractivity contribution in [2.24, 2.45) is 5.92 Å². The zero-order valence-corrected chi connectivity index (χ0v) is 11.8. The van der Waals surface area contributed by atoms with E-state index >= 15 is 0 Å². The minimum atomic E-state index is -0.942. The van der Waals surface area contributed by atoms with E-state index in [2.05, 4.69) is 15.9 Å². The van der Waals surface area contributed by atoms with Crippen LogP contribution in [0.4, 0.5) is 11.4 Å². The van der Waals surface area contributed by atoms with E-state index in [1.807, 2.05) is 6.92 Å². The van der Waals surface area contributed by atoms with E-state index < -0.39 is 16.9 Å². The minimum Gasteiger partial charge on any atom is -0.480 e. The first kappa shape index (κ1) is 13.8. The molecule has 1 saturated heterocycles. The molecule has 7 heteroatoms. The monoisotopic (exact) mass is 328 g/mol. The molecule has 1 N–H and O–H groups in total. The molecule has 1 fully saturated rings. The molecule has 1 aliphatic heterocycles. The summed E-state index contributed by atoms with van der Waals surface area (Å²) in [5.74, 6) is -0.969. The molecule has 6 nitrogen and oxygen atoms in total. The Labute approximate surface area is 118 Å². The van der Waals surface area contributed by atoms with Gasteiger partial charge in [0.15, 0.2) is 0 Å². The van der Waals surface area contributed by atoms with Crippen LogP contribution < -0.4 is 4.90 Å². The number of halogens is 1. The summed E-state index contributed by atoms with van der Waals surface area (Å²) in [4.78, 5) is 23.5. The fraction of sp³-hybridized carbons (Fsp3) is 0.417. The van der Waals surface area contributed by atoms with E-state index in [1.54, 1.807) is 17.0 Å². The number of benzene rings is 1. The molecular weight excluding hydrogens is 316 g/mol. The standard InChI is InChI=1S/C12H13BrN2O4/c1-7-4-5-14(11(7)12(16)17)9-3-2-8(13)6-10(9)15(18)19/h2-3,6-7,11H,4-5H2,1H3,(H,16,17). The molecule has 0 radical (unpaired) electrons. The summed E-state index contributed by atoms with van der Waals surface area (Å²) in [6.07, 6.45) is 0.712. The molecule has 2 unspecified atom stereocenters. The summed E-state index contributed by atoms with van der Waals surface area (Å²) >= 11 is 3.19. The van der Waals surface area contributed by atoms with E-state index in [0.29, 0.717) is 23.1 Å². The lowest BCUT2D eigenvalue weighted by Gasteiger charge is -2.25. The number of hydrogen-bond acceptors (Lipinski definition) is 4. The Morgan fingerprint density at radius 1 is 1.58 bits per heavy atom. The highest BCUT2D eigenvalue weighted by Gasteiger charge is 2.39. The van der Waals surface area contributed by atoms with Crippen molar-refractivity contribution in [1.29, 1.82) is 0 Å². The molecule has 0 aromatic heterocycles. The van der Waals surface area contributed by atoms with E-state index in [9.17, 15) is 20.0 Å². The number of rotatable bonds is 3. The second-order valence-corrected chi connectivity index (χ2v) is 5.55. The van der Waals surface area contributed by atoms with Crippen LogP contribution in [0.15, 0.2) is 22.7 Å². The number of hydrogen-bond donors (Lipinski definition) is 1. The maximum atomic E-state index is 11.3. The fourth-order valence-electron chi connectivity index (χ4n) is 2.48. The van der Waals surface area contributed by atoms with Gasteiger partial charge in [0.2, 0.25) is 0 Å². The number of carboxylic acid groups (broad SMARTS) is 1. The zero-order chi connectivity index (χ0) is 14.2. The molecule has 0 bridgehead atoms. The van der Waals surface area contributed by atoms with E-state index in [-0.39, 0.29) is 11.6 Å². The lowest BCUT2D eigenvalue weighted by Crippen LogP contribution is -2.39.